The molecule has 210 valence electrons. The number of allylic oxidation sites excluding steroid dienone is 2. The highest BCUT2D eigenvalue weighted by atomic mass is 35.5. The molecule has 0 aliphatic carbocycles. The molecule has 1 aliphatic rings. The molecule has 2 atom stereocenters. The first-order chi connectivity index (χ1) is 17.7. The number of aliphatic hydroxyl groups is 1. The molecule has 3 amide bonds. The number of β-amino-alcohol motifs (C(OH)–C–C–N with tert-alkyl or cyclic N) is 1. The van der Waals surface area contributed by atoms with Crippen LogP contribution >= 0.6 is 11.6 Å². The standard InChI is InChI=1S/C28H45ClN2O6/c1-5-6-7-8-10-13-24(36-3)14-11-9-12-15-26(33)30(2)20-22(19-29)16-25(37-4)18-28(35)31-21-23(32)17-27(31)34/h9,11,18-19,23-24,32H,5-8,10,12-17,20-21H2,1-4H3/b11-9+,22-19-,25-18-/t23-,24+/m1/s1. The van der Waals surface area contributed by atoms with Crippen LogP contribution in [0.2, 0.25) is 0 Å². The molecule has 0 aromatic heterocycles. The van der Waals surface area contributed by atoms with Crippen LogP contribution in [-0.4, -0.2) is 79.2 Å². The summed E-state index contributed by atoms with van der Waals surface area (Å²) in [5.41, 5.74) is 2.06. The predicted molar refractivity (Wildman–Crippen MR) is 146 cm³/mol. The number of aliphatic hydroxyl groups excluding tert-OH is 1. The van der Waals surface area contributed by atoms with Gasteiger partial charge >= 0.3 is 0 Å². The Balaban J connectivity index is 2.45. The van der Waals surface area contributed by atoms with Gasteiger partial charge in [-0.05, 0) is 24.8 Å². The van der Waals surface area contributed by atoms with Crippen molar-refractivity contribution in [2.24, 2.45) is 0 Å². The number of nitrogens with zero attached hydrogens (tertiary/aromatic N) is 2. The molecule has 0 bridgehead atoms. The number of carbonyl (C=O) groups excluding carboxylic acids is 3. The zero-order valence-corrected chi connectivity index (χ0v) is 23.7. The second-order valence-corrected chi connectivity index (χ2v) is 9.73. The lowest BCUT2D eigenvalue weighted by Crippen LogP contribution is -2.32. The van der Waals surface area contributed by atoms with Gasteiger partial charge in [0.2, 0.25) is 11.8 Å². The summed E-state index contributed by atoms with van der Waals surface area (Å²) in [4.78, 5) is 39.4. The SMILES string of the molecule is CCCCCCC[C@@H](C/C=C/CCC(=O)N(C)C/C(=C\Cl)C/C(=C/C(=O)N1C[C@H](O)CC1=O)OC)OC. The lowest BCUT2D eigenvalue weighted by atomic mass is 10.1. The van der Waals surface area contributed by atoms with Crippen molar-refractivity contribution in [1.29, 1.82) is 0 Å². The molecule has 1 rings (SSSR count). The van der Waals surface area contributed by atoms with Crippen molar-refractivity contribution in [1.82, 2.24) is 9.80 Å². The monoisotopic (exact) mass is 540 g/mol. The first kappa shape index (κ1) is 32.9. The molecule has 1 saturated heterocycles. The second-order valence-electron chi connectivity index (χ2n) is 9.52. The fourth-order valence-corrected chi connectivity index (χ4v) is 4.26. The van der Waals surface area contributed by atoms with E-state index >= 15 is 0 Å². The van der Waals surface area contributed by atoms with Gasteiger partial charge in [-0.3, -0.25) is 19.3 Å². The van der Waals surface area contributed by atoms with Crippen molar-refractivity contribution >= 4 is 29.3 Å². The number of likely N-dealkylation sites (tertiary alicyclic amines) is 1. The van der Waals surface area contributed by atoms with Gasteiger partial charge in [0.05, 0.1) is 32.3 Å². The Bertz CT molecular complexity index is 810. The summed E-state index contributed by atoms with van der Waals surface area (Å²) in [5.74, 6) is -0.670. The summed E-state index contributed by atoms with van der Waals surface area (Å²) in [7, 11) is 4.88. The van der Waals surface area contributed by atoms with E-state index in [0.29, 0.717) is 24.2 Å². The molecule has 9 heteroatoms. The summed E-state index contributed by atoms with van der Waals surface area (Å²) in [6.07, 6.45) is 14.0. The van der Waals surface area contributed by atoms with E-state index in [9.17, 15) is 19.5 Å². The van der Waals surface area contributed by atoms with Gasteiger partial charge in [-0.15, -0.1) is 0 Å². The van der Waals surface area contributed by atoms with E-state index in [1.54, 1.807) is 19.1 Å². The number of hydrogen-bond donors (Lipinski definition) is 1. The molecule has 1 heterocycles. The Morgan fingerprint density at radius 2 is 1.95 bits per heavy atom. The largest absolute Gasteiger partial charge is 0.501 e. The highest BCUT2D eigenvalue weighted by molar-refractivity contribution is 6.25. The van der Waals surface area contributed by atoms with Crippen LogP contribution in [0.3, 0.4) is 0 Å². The number of rotatable bonds is 18. The summed E-state index contributed by atoms with van der Waals surface area (Å²) in [6.45, 7) is 2.47. The predicted octanol–water partition coefficient (Wildman–Crippen LogP) is 4.71. The van der Waals surface area contributed by atoms with Gasteiger partial charge in [0, 0.05) is 45.2 Å². The lowest BCUT2D eigenvalue weighted by molar-refractivity contribution is -0.139. The number of carbonyl (C=O) groups is 3. The summed E-state index contributed by atoms with van der Waals surface area (Å²) >= 11 is 5.98. The Hall–Kier alpha value is -2.16. The van der Waals surface area contributed by atoms with Gasteiger partial charge in [-0.25, -0.2) is 0 Å². The normalized spacial score (nSPS) is 17.5. The maximum atomic E-state index is 12.6. The Kier molecular flexibility index (Phi) is 16.9. The molecule has 0 spiro atoms. The summed E-state index contributed by atoms with van der Waals surface area (Å²) < 4.78 is 10.9. The van der Waals surface area contributed by atoms with Crippen LogP contribution in [0.25, 0.3) is 0 Å². The van der Waals surface area contributed by atoms with Crippen LogP contribution in [0.1, 0.15) is 77.6 Å². The molecular weight excluding hydrogens is 496 g/mol. The van der Waals surface area contributed by atoms with Gasteiger partial charge in [0.1, 0.15) is 5.76 Å². The molecule has 1 fully saturated rings. The third-order valence-corrected chi connectivity index (χ3v) is 6.70. The molecular formula is C28H45ClN2O6. The van der Waals surface area contributed by atoms with Crippen LogP contribution in [0.4, 0.5) is 0 Å². The lowest BCUT2D eigenvalue weighted by Gasteiger charge is -2.19. The topological polar surface area (TPSA) is 96.4 Å². The fourth-order valence-electron chi connectivity index (χ4n) is 4.12. The Morgan fingerprint density at radius 3 is 2.54 bits per heavy atom. The van der Waals surface area contributed by atoms with Crippen LogP contribution in [0.5, 0.6) is 0 Å². The number of ether oxygens (including phenoxy) is 2. The van der Waals surface area contributed by atoms with E-state index in [1.807, 2.05) is 6.08 Å². The van der Waals surface area contributed by atoms with Crippen LogP contribution in [0, 0.1) is 0 Å². The van der Waals surface area contributed by atoms with Crippen LogP contribution in [-0.2, 0) is 23.9 Å². The minimum Gasteiger partial charge on any atom is -0.501 e. The van der Waals surface area contributed by atoms with E-state index < -0.39 is 17.9 Å². The first-order valence-electron chi connectivity index (χ1n) is 13.2. The highest BCUT2D eigenvalue weighted by Crippen LogP contribution is 2.18. The van der Waals surface area contributed by atoms with E-state index in [2.05, 4.69) is 13.0 Å². The number of methoxy groups -OCH3 is 2. The number of hydrogen-bond acceptors (Lipinski definition) is 6. The van der Waals surface area contributed by atoms with Crippen LogP contribution in [0.15, 0.2) is 35.1 Å². The van der Waals surface area contributed by atoms with Gasteiger partial charge in [-0.2, -0.15) is 0 Å². The van der Waals surface area contributed by atoms with E-state index in [1.165, 1.54) is 50.8 Å². The van der Waals surface area contributed by atoms with E-state index in [4.69, 9.17) is 21.1 Å². The average molecular weight is 541 g/mol. The maximum absolute atomic E-state index is 12.6. The first-order valence-corrected chi connectivity index (χ1v) is 13.7. The number of unbranched alkanes of at least 4 members (excludes halogenated alkanes) is 4. The van der Waals surface area contributed by atoms with Crippen molar-refractivity contribution in [2.45, 2.75) is 89.8 Å². The molecule has 1 N–H and O–H groups in total. The molecule has 0 unspecified atom stereocenters. The highest BCUT2D eigenvalue weighted by Gasteiger charge is 2.32. The van der Waals surface area contributed by atoms with Crippen LogP contribution < -0.4 is 0 Å². The zero-order valence-electron chi connectivity index (χ0n) is 22.9. The third-order valence-electron chi connectivity index (χ3n) is 6.39. The van der Waals surface area contributed by atoms with Gasteiger partial charge in [0.25, 0.3) is 5.91 Å². The fraction of sp³-hybridized carbons (Fsp3) is 0.679. The van der Waals surface area contributed by atoms with Crippen molar-refractivity contribution in [3.8, 4) is 0 Å². The number of imide groups is 1. The number of amides is 3. The smallest absolute Gasteiger partial charge is 0.256 e. The number of halogens is 1. The Morgan fingerprint density at radius 1 is 1.22 bits per heavy atom. The van der Waals surface area contributed by atoms with Crippen molar-refractivity contribution in [2.75, 3.05) is 34.4 Å². The van der Waals surface area contributed by atoms with Gasteiger partial charge in [0.15, 0.2) is 0 Å². The minimum absolute atomic E-state index is 0.0180. The quantitative estimate of drug-likeness (QED) is 0.117. The minimum atomic E-state index is -0.842. The third kappa shape index (κ3) is 13.3. The summed E-state index contributed by atoms with van der Waals surface area (Å²) in [5, 5.41) is 9.59. The van der Waals surface area contributed by atoms with E-state index in [-0.39, 0.29) is 37.9 Å². The molecule has 37 heavy (non-hydrogen) atoms. The average Bonchev–Trinajstić information content (AvgIpc) is 3.23. The van der Waals surface area contributed by atoms with Crippen molar-refractivity contribution in [3.63, 3.8) is 0 Å². The molecule has 0 radical (unpaired) electrons. The molecule has 0 aromatic carbocycles. The summed E-state index contributed by atoms with van der Waals surface area (Å²) in [6, 6.07) is 0. The molecule has 8 nitrogen and oxygen atoms in total. The van der Waals surface area contributed by atoms with Crippen molar-refractivity contribution in [3.05, 3.63) is 35.1 Å². The maximum Gasteiger partial charge on any atom is 0.256 e. The van der Waals surface area contributed by atoms with E-state index in [0.717, 1.165) is 17.7 Å². The van der Waals surface area contributed by atoms with Crippen molar-refractivity contribution < 1.29 is 29.0 Å². The Labute approximate surface area is 227 Å². The zero-order chi connectivity index (χ0) is 27.6. The molecule has 0 saturated carbocycles. The second kappa shape index (κ2) is 19.0. The molecule has 0 aromatic rings. The molecule has 1 aliphatic heterocycles. The van der Waals surface area contributed by atoms with Gasteiger partial charge in [-0.1, -0.05) is 62.8 Å². The van der Waals surface area contributed by atoms with Gasteiger partial charge < -0.3 is 19.5 Å². The number of likely N-dealkylation sites (N-methyl/N-ethyl adjacent to an activating group) is 1.